The highest BCUT2D eigenvalue weighted by Gasteiger charge is 2.41. The van der Waals surface area contributed by atoms with E-state index in [-0.39, 0.29) is 5.41 Å². The molecular formula is C28H36N2O. The molecule has 0 radical (unpaired) electrons. The van der Waals surface area contributed by atoms with Gasteiger partial charge in [-0.05, 0) is 80.6 Å². The molecule has 1 amide bonds. The van der Waals surface area contributed by atoms with Crippen LogP contribution in [0, 0.1) is 13.8 Å². The first-order chi connectivity index (χ1) is 14.8. The number of allylic oxidation sites excluding steroid dienone is 1. The molecule has 1 unspecified atom stereocenters. The average Bonchev–Trinajstić information content (AvgIpc) is 3.05. The van der Waals surface area contributed by atoms with E-state index >= 15 is 0 Å². The number of hydrogen-bond donors (Lipinski definition) is 0. The second kappa shape index (κ2) is 8.63. The summed E-state index contributed by atoms with van der Waals surface area (Å²) in [6, 6.07) is 15.8. The molecule has 0 N–H and O–H groups in total. The van der Waals surface area contributed by atoms with Crippen molar-refractivity contribution in [2.24, 2.45) is 0 Å². The molecule has 1 heterocycles. The smallest absolute Gasteiger partial charge is 0.223 e. The van der Waals surface area contributed by atoms with Gasteiger partial charge in [0.2, 0.25) is 5.91 Å². The molecule has 2 aromatic rings. The first-order valence-electron chi connectivity index (χ1n) is 11.6. The van der Waals surface area contributed by atoms with Crippen LogP contribution in [0.3, 0.4) is 0 Å². The fourth-order valence-electron chi connectivity index (χ4n) is 5.41. The first kappa shape index (κ1) is 21.8. The van der Waals surface area contributed by atoms with Crippen molar-refractivity contribution in [2.75, 3.05) is 33.7 Å². The minimum Gasteiger partial charge on any atom is -0.342 e. The standard InChI is InChI=1S/C28H36N2O/c1-20-17-23-19-28(3,24-9-7-6-8-10-24)27(25(23)18-21(20)2)22-11-15-30(16-12-22)26(31)13-14-29(4)5/h6-10,17-18H,11-16,19H2,1-5H3. The highest BCUT2D eigenvalue weighted by atomic mass is 16.2. The Morgan fingerprint density at radius 2 is 1.68 bits per heavy atom. The predicted molar refractivity (Wildman–Crippen MR) is 129 cm³/mol. The van der Waals surface area contributed by atoms with Crippen LogP contribution in [-0.2, 0) is 16.6 Å². The monoisotopic (exact) mass is 416 g/mol. The van der Waals surface area contributed by atoms with Crippen LogP contribution in [0.25, 0.3) is 5.57 Å². The largest absolute Gasteiger partial charge is 0.342 e. The highest BCUT2D eigenvalue weighted by molar-refractivity contribution is 5.85. The highest BCUT2D eigenvalue weighted by Crippen LogP contribution is 2.51. The Balaban J connectivity index is 1.68. The number of nitrogens with zero attached hydrogens (tertiary/aromatic N) is 2. The number of hydrogen-bond acceptors (Lipinski definition) is 2. The van der Waals surface area contributed by atoms with Crippen LogP contribution in [0.15, 0.2) is 48.0 Å². The zero-order valence-corrected chi connectivity index (χ0v) is 19.8. The molecule has 31 heavy (non-hydrogen) atoms. The number of likely N-dealkylation sites (tertiary alicyclic amines) is 1. The van der Waals surface area contributed by atoms with Gasteiger partial charge in [0.1, 0.15) is 0 Å². The number of carbonyl (C=O) groups excluding carboxylic acids is 1. The van der Waals surface area contributed by atoms with Crippen molar-refractivity contribution in [1.29, 1.82) is 0 Å². The van der Waals surface area contributed by atoms with E-state index in [1.165, 1.54) is 33.4 Å². The quantitative estimate of drug-likeness (QED) is 0.689. The average molecular weight is 417 g/mol. The Kier molecular flexibility index (Phi) is 6.07. The van der Waals surface area contributed by atoms with E-state index in [2.05, 4.69) is 73.0 Å². The molecule has 1 saturated heterocycles. The molecule has 0 saturated carbocycles. The van der Waals surface area contributed by atoms with E-state index in [1.54, 1.807) is 5.57 Å². The van der Waals surface area contributed by atoms with Crippen LogP contribution >= 0.6 is 0 Å². The van der Waals surface area contributed by atoms with Crippen LogP contribution in [0.5, 0.6) is 0 Å². The van der Waals surface area contributed by atoms with Gasteiger partial charge in [0, 0.05) is 31.5 Å². The maximum absolute atomic E-state index is 12.6. The van der Waals surface area contributed by atoms with Crippen LogP contribution < -0.4 is 0 Å². The van der Waals surface area contributed by atoms with Gasteiger partial charge in [0.25, 0.3) is 0 Å². The normalized spacial score (nSPS) is 21.0. The molecule has 0 bridgehead atoms. The number of piperidine rings is 1. The molecule has 0 spiro atoms. The van der Waals surface area contributed by atoms with Gasteiger partial charge in [-0.3, -0.25) is 4.79 Å². The summed E-state index contributed by atoms with van der Waals surface area (Å²) in [6.45, 7) is 9.37. The van der Waals surface area contributed by atoms with E-state index in [1.807, 2.05) is 14.1 Å². The topological polar surface area (TPSA) is 23.6 Å². The zero-order chi connectivity index (χ0) is 22.2. The molecule has 2 aromatic carbocycles. The van der Waals surface area contributed by atoms with Crippen LogP contribution in [-0.4, -0.2) is 49.4 Å². The summed E-state index contributed by atoms with van der Waals surface area (Å²) >= 11 is 0. The third-order valence-corrected chi connectivity index (χ3v) is 7.34. The summed E-state index contributed by atoms with van der Waals surface area (Å²) in [5.41, 5.74) is 10.1. The van der Waals surface area contributed by atoms with Crippen molar-refractivity contribution in [3.63, 3.8) is 0 Å². The van der Waals surface area contributed by atoms with Crippen molar-refractivity contribution in [3.8, 4) is 0 Å². The van der Waals surface area contributed by atoms with Gasteiger partial charge in [-0.2, -0.15) is 0 Å². The maximum Gasteiger partial charge on any atom is 0.223 e. The molecule has 1 aliphatic carbocycles. The van der Waals surface area contributed by atoms with E-state index in [9.17, 15) is 4.79 Å². The Labute approximate surface area is 187 Å². The summed E-state index contributed by atoms with van der Waals surface area (Å²) in [4.78, 5) is 16.8. The van der Waals surface area contributed by atoms with Gasteiger partial charge < -0.3 is 9.80 Å². The third kappa shape index (κ3) is 4.21. The zero-order valence-electron chi connectivity index (χ0n) is 19.8. The summed E-state index contributed by atoms with van der Waals surface area (Å²) in [5, 5.41) is 0. The van der Waals surface area contributed by atoms with Gasteiger partial charge in [0.05, 0.1) is 0 Å². The lowest BCUT2D eigenvalue weighted by Crippen LogP contribution is -2.38. The molecule has 2 aliphatic rings. The van der Waals surface area contributed by atoms with Gasteiger partial charge in [-0.15, -0.1) is 0 Å². The van der Waals surface area contributed by atoms with Gasteiger partial charge in [-0.25, -0.2) is 0 Å². The summed E-state index contributed by atoms with van der Waals surface area (Å²) < 4.78 is 0. The number of carbonyl (C=O) groups is 1. The van der Waals surface area contributed by atoms with Crippen LogP contribution in [0.4, 0.5) is 0 Å². The minimum absolute atomic E-state index is 0.00371. The van der Waals surface area contributed by atoms with Crippen molar-refractivity contribution < 1.29 is 4.79 Å². The maximum atomic E-state index is 12.6. The number of fused-ring (bicyclic) bond motifs is 1. The van der Waals surface area contributed by atoms with Crippen molar-refractivity contribution in [2.45, 2.75) is 51.9 Å². The molecule has 4 rings (SSSR count). The van der Waals surface area contributed by atoms with Gasteiger partial charge in [0.15, 0.2) is 0 Å². The molecule has 3 heteroatoms. The van der Waals surface area contributed by atoms with Crippen molar-refractivity contribution >= 4 is 11.5 Å². The lowest BCUT2D eigenvalue weighted by molar-refractivity contribution is -0.131. The van der Waals surface area contributed by atoms with Crippen molar-refractivity contribution in [3.05, 3.63) is 75.9 Å². The fraction of sp³-hybridized carbons (Fsp3) is 0.464. The fourth-order valence-corrected chi connectivity index (χ4v) is 5.41. The Hall–Kier alpha value is -2.39. The van der Waals surface area contributed by atoms with E-state index in [4.69, 9.17) is 0 Å². The molecule has 1 aliphatic heterocycles. The third-order valence-electron chi connectivity index (χ3n) is 7.34. The lowest BCUT2D eigenvalue weighted by Gasteiger charge is -2.34. The molecule has 1 fully saturated rings. The Morgan fingerprint density at radius 3 is 2.32 bits per heavy atom. The van der Waals surface area contributed by atoms with Crippen LogP contribution in [0.1, 0.15) is 54.0 Å². The molecule has 3 nitrogen and oxygen atoms in total. The molecule has 1 atom stereocenters. The molecule has 164 valence electrons. The second-order valence-electron chi connectivity index (χ2n) is 9.88. The molecular weight excluding hydrogens is 380 g/mol. The van der Waals surface area contributed by atoms with E-state index in [0.29, 0.717) is 12.3 Å². The minimum atomic E-state index is -0.00371. The van der Waals surface area contributed by atoms with Crippen LogP contribution in [0.2, 0.25) is 0 Å². The Bertz CT molecular complexity index is 995. The Morgan fingerprint density at radius 1 is 1.03 bits per heavy atom. The number of aryl methyl sites for hydroxylation is 2. The number of benzene rings is 2. The summed E-state index contributed by atoms with van der Waals surface area (Å²) in [7, 11) is 4.05. The van der Waals surface area contributed by atoms with Gasteiger partial charge in [-0.1, -0.05) is 55.0 Å². The second-order valence-corrected chi connectivity index (χ2v) is 9.88. The number of rotatable bonds is 4. The SMILES string of the molecule is Cc1cc2c(cc1C)C(=C1CCN(C(=O)CCN(C)C)CC1)C(C)(c1ccccc1)C2. The van der Waals surface area contributed by atoms with E-state index in [0.717, 1.165) is 38.9 Å². The predicted octanol–water partition coefficient (Wildman–Crippen LogP) is 5.15. The molecule has 0 aromatic heterocycles. The van der Waals surface area contributed by atoms with E-state index < -0.39 is 0 Å². The number of amides is 1. The van der Waals surface area contributed by atoms with Gasteiger partial charge >= 0.3 is 0 Å². The summed E-state index contributed by atoms with van der Waals surface area (Å²) in [6.07, 6.45) is 3.63. The lowest BCUT2D eigenvalue weighted by atomic mass is 9.73. The first-order valence-corrected chi connectivity index (χ1v) is 11.6. The summed E-state index contributed by atoms with van der Waals surface area (Å²) in [5.74, 6) is 0.293. The van der Waals surface area contributed by atoms with Crippen molar-refractivity contribution in [1.82, 2.24) is 9.80 Å².